The van der Waals surface area contributed by atoms with Gasteiger partial charge in [-0.15, -0.1) is 0 Å². The molecule has 0 aliphatic carbocycles. The van der Waals surface area contributed by atoms with E-state index in [9.17, 15) is 0 Å². The largest absolute Gasteiger partial charge is 0.383 e. The van der Waals surface area contributed by atoms with Gasteiger partial charge in [0.15, 0.2) is 0 Å². The molecule has 0 aliphatic rings. The number of aromatic nitrogens is 2. The van der Waals surface area contributed by atoms with Crippen LogP contribution in [0.4, 0.5) is 11.8 Å². The van der Waals surface area contributed by atoms with Crippen LogP contribution in [0, 0.1) is 6.92 Å². The molecular weight excluding hydrogens is 188 g/mol. The van der Waals surface area contributed by atoms with Crippen molar-refractivity contribution in [2.75, 3.05) is 23.7 Å². The van der Waals surface area contributed by atoms with Crippen molar-refractivity contribution in [2.45, 2.75) is 34.1 Å². The van der Waals surface area contributed by atoms with Gasteiger partial charge in [-0.2, -0.15) is 4.98 Å². The highest BCUT2D eigenvalue weighted by Gasteiger charge is 2.10. The number of hydrogen-bond donors (Lipinski definition) is 1. The molecule has 1 rings (SSSR count). The molecule has 1 aromatic heterocycles. The van der Waals surface area contributed by atoms with Crippen LogP contribution in [0.2, 0.25) is 0 Å². The molecule has 0 fully saturated rings. The fourth-order valence-electron chi connectivity index (χ4n) is 1.56. The molecule has 0 aromatic carbocycles. The van der Waals surface area contributed by atoms with Crippen LogP contribution in [0.3, 0.4) is 0 Å². The molecule has 0 unspecified atom stereocenters. The number of nitrogens with zero attached hydrogens (tertiary/aromatic N) is 3. The normalized spacial score (nSPS) is 10.4. The van der Waals surface area contributed by atoms with Crippen LogP contribution in [0.25, 0.3) is 0 Å². The van der Waals surface area contributed by atoms with Gasteiger partial charge in [0.2, 0.25) is 5.95 Å². The van der Waals surface area contributed by atoms with Crippen LogP contribution in [0.1, 0.15) is 32.0 Å². The van der Waals surface area contributed by atoms with Gasteiger partial charge >= 0.3 is 0 Å². The van der Waals surface area contributed by atoms with Crippen LogP contribution in [0.5, 0.6) is 0 Å². The first-order valence-corrected chi connectivity index (χ1v) is 5.51. The van der Waals surface area contributed by atoms with Crippen molar-refractivity contribution in [2.24, 2.45) is 0 Å². The Bertz CT molecular complexity index is 332. The van der Waals surface area contributed by atoms with Crippen molar-refractivity contribution in [3.05, 3.63) is 11.3 Å². The lowest BCUT2D eigenvalue weighted by Gasteiger charge is -2.20. The number of rotatable bonds is 4. The highest BCUT2D eigenvalue weighted by Crippen LogP contribution is 2.17. The van der Waals surface area contributed by atoms with Crippen molar-refractivity contribution < 1.29 is 0 Å². The third-order valence-corrected chi connectivity index (χ3v) is 2.65. The van der Waals surface area contributed by atoms with E-state index in [4.69, 9.17) is 5.73 Å². The minimum absolute atomic E-state index is 0.601. The Kier molecular flexibility index (Phi) is 3.88. The lowest BCUT2D eigenvalue weighted by atomic mass is 10.2. The molecule has 0 atom stereocenters. The predicted molar refractivity (Wildman–Crippen MR) is 64.1 cm³/mol. The van der Waals surface area contributed by atoms with Crippen molar-refractivity contribution >= 4 is 11.8 Å². The maximum absolute atomic E-state index is 5.87. The monoisotopic (exact) mass is 208 g/mol. The molecule has 0 radical (unpaired) electrons. The standard InChI is InChI=1S/C11H20N4/c1-5-9-8(4)10(12)14-11(13-9)15(6-2)7-3/h5-7H2,1-4H3,(H2,12,13,14). The predicted octanol–water partition coefficient (Wildman–Crippen LogP) is 1.78. The number of nitrogen functional groups attached to an aromatic ring is 1. The second-order valence-electron chi connectivity index (χ2n) is 3.51. The second kappa shape index (κ2) is 4.96. The summed E-state index contributed by atoms with van der Waals surface area (Å²) in [5, 5.41) is 0. The van der Waals surface area contributed by atoms with E-state index in [1.165, 1.54) is 0 Å². The lowest BCUT2D eigenvalue weighted by Crippen LogP contribution is -2.25. The van der Waals surface area contributed by atoms with E-state index in [1.807, 2.05) is 6.92 Å². The number of aryl methyl sites for hydroxylation is 1. The summed E-state index contributed by atoms with van der Waals surface area (Å²) in [6.45, 7) is 10.0. The zero-order valence-corrected chi connectivity index (χ0v) is 10.0. The van der Waals surface area contributed by atoms with Gasteiger partial charge in [-0.25, -0.2) is 4.98 Å². The molecule has 0 amide bonds. The average Bonchev–Trinajstić information content (AvgIpc) is 2.24. The Morgan fingerprint density at radius 3 is 2.20 bits per heavy atom. The minimum atomic E-state index is 0.601. The van der Waals surface area contributed by atoms with Gasteiger partial charge in [0.1, 0.15) is 5.82 Å². The zero-order valence-electron chi connectivity index (χ0n) is 10.0. The van der Waals surface area contributed by atoms with Gasteiger partial charge in [-0.05, 0) is 27.2 Å². The molecule has 1 heterocycles. The van der Waals surface area contributed by atoms with Gasteiger partial charge in [0, 0.05) is 18.7 Å². The van der Waals surface area contributed by atoms with E-state index >= 15 is 0 Å². The SMILES string of the molecule is CCc1nc(N(CC)CC)nc(N)c1C. The topological polar surface area (TPSA) is 55.0 Å². The van der Waals surface area contributed by atoms with Crippen LogP contribution in [0.15, 0.2) is 0 Å². The summed E-state index contributed by atoms with van der Waals surface area (Å²) >= 11 is 0. The van der Waals surface area contributed by atoms with E-state index in [2.05, 4.69) is 35.6 Å². The molecule has 0 saturated carbocycles. The summed E-state index contributed by atoms with van der Waals surface area (Å²) in [5.41, 5.74) is 7.92. The third kappa shape index (κ3) is 2.37. The summed E-state index contributed by atoms with van der Waals surface area (Å²) in [4.78, 5) is 11.0. The molecule has 1 aromatic rings. The molecular formula is C11H20N4. The summed E-state index contributed by atoms with van der Waals surface area (Å²) in [7, 11) is 0. The van der Waals surface area contributed by atoms with Gasteiger partial charge in [0.25, 0.3) is 0 Å². The Morgan fingerprint density at radius 1 is 1.13 bits per heavy atom. The molecule has 4 nitrogen and oxygen atoms in total. The van der Waals surface area contributed by atoms with Gasteiger partial charge < -0.3 is 10.6 Å². The van der Waals surface area contributed by atoms with Crippen molar-refractivity contribution in [3.8, 4) is 0 Å². The summed E-state index contributed by atoms with van der Waals surface area (Å²) < 4.78 is 0. The van der Waals surface area contributed by atoms with Gasteiger partial charge in [-0.1, -0.05) is 6.92 Å². The Morgan fingerprint density at radius 2 is 1.73 bits per heavy atom. The summed E-state index contributed by atoms with van der Waals surface area (Å²) in [6.07, 6.45) is 0.896. The molecule has 2 N–H and O–H groups in total. The second-order valence-corrected chi connectivity index (χ2v) is 3.51. The van der Waals surface area contributed by atoms with Crippen molar-refractivity contribution in [3.63, 3.8) is 0 Å². The number of hydrogen-bond acceptors (Lipinski definition) is 4. The highest BCUT2D eigenvalue weighted by atomic mass is 15.3. The Hall–Kier alpha value is -1.32. The molecule has 0 bridgehead atoms. The van der Waals surface area contributed by atoms with E-state index in [1.54, 1.807) is 0 Å². The van der Waals surface area contributed by atoms with Crippen LogP contribution in [-0.4, -0.2) is 23.1 Å². The third-order valence-electron chi connectivity index (χ3n) is 2.65. The fraction of sp³-hybridized carbons (Fsp3) is 0.636. The molecule has 15 heavy (non-hydrogen) atoms. The molecule has 84 valence electrons. The number of nitrogens with two attached hydrogens (primary N) is 1. The van der Waals surface area contributed by atoms with E-state index in [0.29, 0.717) is 5.82 Å². The van der Waals surface area contributed by atoms with Crippen molar-refractivity contribution in [1.29, 1.82) is 0 Å². The first kappa shape index (κ1) is 11.8. The Labute approximate surface area is 91.5 Å². The fourth-order valence-corrected chi connectivity index (χ4v) is 1.56. The highest BCUT2D eigenvalue weighted by molar-refractivity contribution is 5.47. The lowest BCUT2D eigenvalue weighted by molar-refractivity contribution is 0.808. The first-order chi connectivity index (χ1) is 7.13. The summed E-state index contributed by atoms with van der Waals surface area (Å²) in [6, 6.07) is 0. The Balaban J connectivity index is 3.15. The molecule has 0 saturated heterocycles. The van der Waals surface area contributed by atoms with E-state index < -0.39 is 0 Å². The van der Waals surface area contributed by atoms with Crippen molar-refractivity contribution in [1.82, 2.24) is 9.97 Å². The minimum Gasteiger partial charge on any atom is -0.383 e. The van der Waals surface area contributed by atoms with Gasteiger partial charge in [-0.3, -0.25) is 0 Å². The quantitative estimate of drug-likeness (QED) is 0.819. The zero-order chi connectivity index (χ0) is 11.4. The molecule has 4 heteroatoms. The van der Waals surface area contributed by atoms with Crippen LogP contribution >= 0.6 is 0 Å². The number of anilines is 2. The van der Waals surface area contributed by atoms with Gasteiger partial charge in [0.05, 0.1) is 5.69 Å². The molecule has 0 aliphatic heterocycles. The molecule has 0 spiro atoms. The van der Waals surface area contributed by atoms with Crippen LogP contribution < -0.4 is 10.6 Å². The maximum atomic E-state index is 5.87. The first-order valence-electron chi connectivity index (χ1n) is 5.51. The maximum Gasteiger partial charge on any atom is 0.227 e. The van der Waals surface area contributed by atoms with E-state index in [-0.39, 0.29) is 0 Å². The smallest absolute Gasteiger partial charge is 0.227 e. The summed E-state index contributed by atoms with van der Waals surface area (Å²) in [5.74, 6) is 1.35. The average molecular weight is 208 g/mol. The van der Waals surface area contributed by atoms with Crippen LogP contribution in [-0.2, 0) is 6.42 Å². The van der Waals surface area contributed by atoms with E-state index in [0.717, 1.165) is 36.7 Å².